The summed E-state index contributed by atoms with van der Waals surface area (Å²) < 4.78 is 28.3. The van der Waals surface area contributed by atoms with Crippen molar-refractivity contribution >= 4 is 15.9 Å². The van der Waals surface area contributed by atoms with E-state index in [1.54, 1.807) is 19.1 Å². The Bertz CT molecular complexity index is 643. The third-order valence-corrected chi connectivity index (χ3v) is 4.12. The molecule has 0 heterocycles. The highest BCUT2D eigenvalue weighted by molar-refractivity contribution is 9.10. The van der Waals surface area contributed by atoms with Gasteiger partial charge in [-0.25, -0.2) is 8.78 Å². The molecule has 0 aliphatic carbocycles. The van der Waals surface area contributed by atoms with Gasteiger partial charge in [-0.15, -0.1) is 0 Å². The maximum Gasteiger partial charge on any atom is 0.129 e. The second-order valence-electron chi connectivity index (χ2n) is 5.28. The third-order valence-electron chi connectivity index (χ3n) is 3.62. The maximum atomic E-state index is 13.9. The normalized spacial score (nSPS) is 14.0. The molecule has 0 fully saturated rings. The van der Waals surface area contributed by atoms with Crippen molar-refractivity contribution in [3.8, 4) is 0 Å². The van der Waals surface area contributed by atoms with Crippen LogP contribution in [0.15, 0.2) is 40.9 Å². The second kappa shape index (κ2) is 6.67. The fourth-order valence-corrected chi connectivity index (χ4v) is 2.63. The number of hydrogen-bond acceptors (Lipinski definition) is 1. The van der Waals surface area contributed by atoms with E-state index < -0.39 is 0 Å². The Morgan fingerprint density at radius 1 is 0.952 bits per heavy atom. The number of nitrogens with one attached hydrogen (secondary N) is 1. The van der Waals surface area contributed by atoms with Gasteiger partial charge in [0.1, 0.15) is 11.6 Å². The minimum atomic E-state index is -0.258. The largest absolute Gasteiger partial charge is 0.304 e. The van der Waals surface area contributed by atoms with Gasteiger partial charge in [-0.2, -0.15) is 0 Å². The van der Waals surface area contributed by atoms with Crippen LogP contribution >= 0.6 is 15.9 Å². The zero-order chi connectivity index (χ0) is 15.6. The summed E-state index contributed by atoms with van der Waals surface area (Å²) in [7, 11) is 0. The standard InChI is InChI=1S/C17H18BrF2N/c1-10-4-5-13(8-16(10)19)11(2)21-12(3)15-7-6-14(18)9-17(15)20/h4-9,11-12,21H,1-3H3. The van der Waals surface area contributed by atoms with Crippen molar-refractivity contribution in [3.05, 3.63) is 69.2 Å². The maximum absolute atomic E-state index is 13.9. The summed E-state index contributed by atoms with van der Waals surface area (Å²) in [5.74, 6) is -0.477. The molecule has 0 radical (unpaired) electrons. The minimum absolute atomic E-state index is 0.0712. The molecule has 0 aromatic heterocycles. The first-order chi connectivity index (χ1) is 9.88. The Morgan fingerprint density at radius 3 is 2.29 bits per heavy atom. The van der Waals surface area contributed by atoms with Crippen LogP contribution in [0.4, 0.5) is 8.78 Å². The van der Waals surface area contributed by atoms with Crippen molar-refractivity contribution in [1.29, 1.82) is 0 Å². The average Bonchev–Trinajstić information content (AvgIpc) is 2.41. The van der Waals surface area contributed by atoms with Crippen LogP contribution in [0.5, 0.6) is 0 Å². The smallest absolute Gasteiger partial charge is 0.129 e. The number of benzene rings is 2. The predicted molar refractivity (Wildman–Crippen MR) is 85.2 cm³/mol. The molecule has 0 aliphatic rings. The van der Waals surface area contributed by atoms with Gasteiger partial charge < -0.3 is 5.32 Å². The van der Waals surface area contributed by atoms with Gasteiger partial charge in [0.15, 0.2) is 0 Å². The molecule has 1 N–H and O–H groups in total. The van der Waals surface area contributed by atoms with Gasteiger partial charge in [0, 0.05) is 22.1 Å². The molecule has 2 unspecified atom stereocenters. The summed E-state index contributed by atoms with van der Waals surface area (Å²) in [6.45, 7) is 5.57. The van der Waals surface area contributed by atoms with Gasteiger partial charge >= 0.3 is 0 Å². The zero-order valence-corrected chi connectivity index (χ0v) is 13.8. The SMILES string of the molecule is Cc1ccc(C(C)NC(C)c2ccc(Br)cc2F)cc1F. The number of aryl methyl sites for hydroxylation is 1. The molecule has 1 nitrogen and oxygen atoms in total. The fourth-order valence-electron chi connectivity index (χ4n) is 2.29. The highest BCUT2D eigenvalue weighted by atomic mass is 79.9. The van der Waals surface area contributed by atoms with Crippen LogP contribution in [0, 0.1) is 18.6 Å². The molecule has 0 saturated carbocycles. The molecular formula is C17H18BrF2N. The lowest BCUT2D eigenvalue weighted by Gasteiger charge is -2.21. The van der Waals surface area contributed by atoms with E-state index in [1.807, 2.05) is 26.0 Å². The number of halogens is 3. The Balaban J connectivity index is 2.14. The van der Waals surface area contributed by atoms with E-state index in [0.717, 1.165) is 5.56 Å². The van der Waals surface area contributed by atoms with Crippen LogP contribution in [0.1, 0.15) is 42.6 Å². The van der Waals surface area contributed by atoms with Crippen molar-refractivity contribution in [1.82, 2.24) is 5.32 Å². The quantitative estimate of drug-likeness (QED) is 0.770. The lowest BCUT2D eigenvalue weighted by molar-refractivity contribution is 0.471. The van der Waals surface area contributed by atoms with E-state index in [-0.39, 0.29) is 23.7 Å². The van der Waals surface area contributed by atoms with Crippen LogP contribution in [0.3, 0.4) is 0 Å². The summed E-state index contributed by atoms with van der Waals surface area (Å²) in [5.41, 5.74) is 2.07. The molecular weight excluding hydrogens is 336 g/mol. The lowest BCUT2D eigenvalue weighted by Crippen LogP contribution is -2.23. The Hall–Kier alpha value is -1.26. The Labute approximate surface area is 132 Å². The first kappa shape index (κ1) is 16.1. The molecule has 0 aliphatic heterocycles. The van der Waals surface area contributed by atoms with E-state index in [0.29, 0.717) is 15.6 Å². The van der Waals surface area contributed by atoms with Crippen LogP contribution in [0.25, 0.3) is 0 Å². The molecule has 0 bridgehead atoms. The first-order valence-corrected chi connectivity index (χ1v) is 7.65. The molecule has 4 heteroatoms. The van der Waals surface area contributed by atoms with Crippen molar-refractivity contribution in [2.75, 3.05) is 0 Å². The van der Waals surface area contributed by atoms with Crippen LogP contribution < -0.4 is 5.32 Å². The molecule has 0 spiro atoms. The van der Waals surface area contributed by atoms with Gasteiger partial charge in [0.05, 0.1) is 0 Å². The van der Waals surface area contributed by atoms with Crippen LogP contribution in [-0.4, -0.2) is 0 Å². The summed E-state index contributed by atoms with van der Waals surface area (Å²) in [5, 5.41) is 3.30. The van der Waals surface area contributed by atoms with E-state index in [4.69, 9.17) is 0 Å². The van der Waals surface area contributed by atoms with Crippen molar-refractivity contribution in [2.24, 2.45) is 0 Å². The van der Waals surface area contributed by atoms with Crippen molar-refractivity contribution in [2.45, 2.75) is 32.9 Å². The van der Waals surface area contributed by atoms with Crippen LogP contribution in [-0.2, 0) is 0 Å². The summed E-state index contributed by atoms with van der Waals surface area (Å²) in [4.78, 5) is 0. The Morgan fingerprint density at radius 2 is 1.67 bits per heavy atom. The number of rotatable bonds is 4. The lowest BCUT2D eigenvalue weighted by atomic mass is 10.0. The molecule has 0 amide bonds. The molecule has 2 aromatic carbocycles. The monoisotopic (exact) mass is 353 g/mol. The highest BCUT2D eigenvalue weighted by Crippen LogP contribution is 2.24. The third kappa shape index (κ3) is 3.89. The van der Waals surface area contributed by atoms with Gasteiger partial charge in [-0.3, -0.25) is 0 Å². The van der Waals surface area contributed by atoms with Gasteiger partial charge in [-0.05, 0) is 50.1 Å². The van der Waals surface area contributed by atoms with E-state index in [9.17, 15) is 8.78 Å². The minimum Gasteiger partial charge on any atom is -0.304 e. The van der Waals surface area contributed by atoms with Crippen molar-refractivity contribution in [3.63, 3.8) is 0 Å². The average molecular weight is 354 g/mol. The first-order valence-electron chi connectivity index (χ1n) is 6.85. The summed E-state index contributed by atoms with van der Waals surface area (Å²) in [6.07, 6.45) is 0. The van der Waals surface area contributed by atoms with Gasteiger partial charge in [0.25, 0.3) is 0 Å². The molecule has 2 atom stereocenters. The van der Waals surface area contributed by atoms with E-state index >= 15 is 0 Å². The zero-order valence-electron chi connectivity index (χ0n) is 12.3. The predicted octanol–water partition coefficient (Wildman–Crippen LogP) is 5.45. The highest BCUT2D eigenvalue weighted by Gasteiger charge is 2.15. The number of hydrogen-bond donors (Lipinski definition) is 1. The molecule has 2 aromatic rings. The molecule has 21 heavy (non-hydrogen) atoms. The Kier molecular flexibility index (Phi) is 5.12. The molecule has 112 valence electrons. The molecule has 0 saturated heterocycles. The second-order valence-corrected chi connectivity index (χ2v) is 6.20. The van der Waals surface area contributed by atoms with Gasteiger partial charge in [-0.1, -0.05) is 34.1 Å². The van der Waals surface area contributed by atoms with Gasteiger partial charge in [0.2, 0.25) is 0 Å². The summed E-state index contributed by atoms with van der Waals surface area (Å²) >= 11 is 3.25. The fraction of sp³-hybridized carbons (Fsp3) is 0.294. The van der Waals surface area contributed by atoms with E-state index in [2.05, 4.69) is 21.2 Å². The van der Waals surface area contributed by atoms with Crippen molar-refractivity contribution < 1.29 is 8.78 Å². The van der Waals surface area contributed by atoms with Crippen LogP contribution in [0.2, 0.25) is 0 Å². The molecule has 2 rings (SSSR count). The summed E-state index contributed by atoms with van der Waals surface area (Å²) in [6, 6.07) is 9.94. The topological polar surface area (TPSA) is 12.0 Å². The van der Waals surface area contributed by atoms with E-state index in [1.165, 1.54) is 12.1 Å².